The molecule has 4 amide bonds. The molecule has 11 heteroatoms. The Morgan fingerprint density at radius 3 is 2.39 bits per heavy atom. The van der Waals surface area contributed by atoms with Crippen LogP contribution in [0, 0.1) is 5.41 Å². The monoisotopic (exact) mass is 447 g/mol. The molecule has 2 aliphatic rings. The molecule has 0 spiro atoms. The molecule has 2 saturated heterocycles. The number of piperazine rings is 1. The molecule has 0 saturated carbocycles. The van der Waals surface area contributed by atoms with Crippen LogP contribution in [0.25, 0.3) is 0 Å². The average molecular weight is 447 g/mol. The van der Waals surface area contributed by atoms with Gasteiger partial charge in [0.2, 0.25) is 11.8 Å². The van der Waals surface area contributed by atoms with Crippen molar-refractivity contribution >= 4 is 29.6 Å². The van der Waals surface area contributed by atoms with Gasteiger partial charge < -0.3 is 20.4 Å². The van der Waals surface area contributed by atoms with Crippen LogP contribution in [0.5, 0.6) is 0 Å². The highest BCUT2D eigenvalue weighted by Gasteiger charge is 2.41. The zero-order valence-corrected chi connectivity index (χ0v) is 18.3. The van der Waals surface area contributed by atoms with Crippen molar-refractivity contribution in [2.45, 2.75) is 45.6 Å². The van der Waals surface area contributed by atoms with Crippen molar-refractivity contribution in [3.8, 4) is 0 Å². The second-order valence-electron chi connectivity index (χ2n) is 8.39. The third-order valence-electron chi connectivity index (χ3n) is 5.53. The van der Waals surface area contributed by atoms with E-state index in [0.29, 0.717) is 18.2 Å². The smallest absolute Gasteiger partial charge is 0.334 e. The summed E-state index contributed by atoms with van der Waals surface area (Å²) in [5.74, 6) is -2.60. The maximum atomic E-state index is 12.8. The molecule has 0 aromatic heterocycles. The van der Waals surface area contributed by atoms with Crippen LogP contribution in [0.15, 0.2) is 0 Å². The normalized spacial score (nSPS) is 21.7. The second-order valence-corrected chi connectivity index (χ2v) is 8.39. The molecule has 0 radical (unpaired) electrons. The molecule has 2 rings (SSSR count). The van der Waals surface area contributed by atoms with Crippen LogP contribution in [-0.2, 0) is 28.8 Å². The summed E-state index contributed by atoms with van der Waals surface area (Å²) in [6.45, 7) is 4.22. The Balaban J connectivity index is 1.71. The zero-order chi connectivity index (χ0) is 24.8. The van der Waals surface area contributed by atoms with Gasteiger partial charge in [0.25, 0.3) is 11.8 Å². The molecule has 174 valence electrons. The largest absolute Gasteiger partial charge is 0.355 e. The van der Waals surface area contributed by atoms with Crippen molar-refractivity contribution in [1.82, 2.24) is 25.5 Å². The van der Waals surface area contributed by atoms with Gasteiger partial charge in [-0.3, -0.25) is 24.1 Å². The van der Waals surface area contributed by atoms with Crippen LogP contribution in [0.1, 0.15) is 42.3 Å². The standard InChI is InChI=1S/C20H33N5O6/c1-20(2,14-13-23(3)11-12-24(14)4)19(30)22-9-7-15(26)21-10-8-18(29)31-25-16(27)5-6-17(25)28/h14H,5-13H2,1-4H3,(H,21,26)(H,22,30)/i4D2,8+1,10+1,15+1,18+1,21+1,22+1. The third kappa shape index (κ3) is 6.73. The number of likely N-dealkylation sites (N-methyl/N-ethyl adjacent to an activating group) is 2. The van der Waals surface area contributed by atoms with Gasteiger partial charge in [0.1, 0.15) is 0 Å². The van der Waals surface area contributed by atoms with E-state index in [1.54, 1.807) is 18.7 Å². The van der Waals surface area contributed by atoms with Gasteiger partial charge in [-0.15, -0.1) is 5.06 Å². The van der Waals surface area contributed by atoms with Crippen molar-refractivity contribution in [2.24, 2.45) is 5.41 Å². The first kappa shape index (κ1) is 21.7. The van der Waals surface area contributed by atoms with E-state index in [2.05, 4.69) is 15.5 Å². The lowest BCUT2D eigenvalue weighted by Gasteiger charge is -2.45. The van der Waals surface area contributed by atoms with E-state index in [1.807, 2.05) is 7.05 Å². The molecule has 1 atom stereocenters. The topological polar surface area (TPSA) is 128 Å². The van der Waals surface area contributed by atoms with Gasteiger partial charge in [0, 0.05) is 60.8 Å². The molecule has 0 bridgehead atoms. The maximum absolute atomic E-state index is 12.8. The molecular weight excluding hydrogens is 412 g/mol. The molecule has 2 N–H and O–H groups in total. The SMILES string of the molecule is [2H]C([2H])N1CCN(C)CC1C(C)(C)C(=O)[15NH]CC[13C](=O)[15NH][13CH2][13CH2][13C](=O)ON1C(=O)CCC1=O. The van der Waals surface area contributed by atoms with Gasteiger partial charge in [-0.2, -0.15) is 0 Å². The minimum Gasteiger partial charge on any atom is -0.355 e. The Hall–Kier alpha value is -2.53. The van der Waals surface area contributed by atoms with Crippen LogP contribution in [0.3, 0.4) is 0 Å². The van der Waals surface area contributed by atoms with Crippen LogP contribution in [-0.4, -0.2) is 97.3 Å². The van der Waals surface area contributed by atoms with Crippen molar-refractivity contribution in [3.05, 3.63) is 0 Å². The van der Waals surface area contributed by atoms with Gasteiger partial charge in [-0.1, -0.05) is 0 Å². The second kappa shape index (κ2) is 10.7. The molecule has 0 aromatic carbocycles. The molecule has 0 aromatic rings. The number of nitrogens with one attached hydrogen (secondary N) is 2. The summed E-state index contributed by atoms with van der Waals surface area (Å²) >= 11 is 0. The summed E-state index contributed by atoms with van der Waals surface area (Å²) in [4.78, 5) is 67.8. The number of carbonyl (C=O) groups is 5. The van der Waals surface area contributed by atoms with E-state index < -0.39 is 30.2 Å². The Bertz CT molecular complexity index is 762. The fraction of sp³-hybridized carbons (Fsp3) is 0.750. The molecular formula is C20H33N5O6. The van der Waals surface area contributed by atoms with E-state index in [-0.39, 0.29) is 56.6 Å². The fourth-order valence-electron chi connectivity index (χ4n) is 3.44. The maximum Gasteiger partial charge on any atom is 0.334 e. The number of hydroxylamine groups is 2. The lowest BCUT2D eigenvalue weighted by atomic mass is 9.82. The number of amides is 4. The summed E-state index contributed by atoms with van der Waals surface area (Å²) in [6, 6.07) is -0.314. The van der Waals surface area contributed by atoms with E-state index in [4.69, 9.17) is 7.58 Å². The van der Waals surface area contributed by atoms with Crippen LogP contribution in [0.4, 0.5) is 0 Å². The molecule has 11 nitrogen and oxygen atoms in total. The minimum absolute atomic E-state index is 0.00619. The van der Waals surface area contributed by atoms with Crippen molar-refractivity contribution < 1.29 is 31.6 Å². The molecule has 0 aliphatic carbocycles. The Kier molecular flexibility index (Phi) is 7.47. The quantitative estimate of drug-likeness (QED) is 0.258. The highest BCUT2D eigenvalue weighted by Crippen LogP contribution is 2.27. The molecule has 1 unspecified atom stereocenters. The number of nitrogens with zero attached hydrogens (tertiary/aromatic N) is 3. The summed E-state index contributed by atoms with van der Waals surface area (Å²) < 4.78 is 15.6. The van der Waals surface area contributed by atoms with E-state index in [0.717, 1.165) is 6.54 Å². The Labute approximate surface area is 185 Å². The van der Waals surface area contributed by atoms with Gasteiger partial charge in [0.15, 0.2) is 0 Å². The van der Waals surface area contributed by atoms with Crippen LogP contribution >= 0.6 is 0 Å². The van der Waals surface area contributed by atoms with Crippen molar-refractivity contribution in [2.75, 3.05) is 46.8 Å². The van der Waals surface area contributed by atoms with Gasteiger partial charge in [-0.25, -0.2) is 4.79 Å². The first-order valence-corrected chi connectivity index (χ1v) is 10.3. The summed E-state index contributed by atoms with van der Waals surface area (Å²) in [5, 5.41) is 5.72. The zero-order valence-electron chi connectivity index (χ0n) is 20.3. The Morgan fingerprint density at radius 2 is 1.74 bits per heavy atom. The lowest BCUT2D eigenvalue weighted by Crippen LogP contribution is -2.60. The van der Waals surface area contributed by atoms with E-state index in [9.17, 15) is 24.0 Å². The first-order valence-electron chi connectivity index (χ1n) is 11.5. The minimum atomic E-state index is -1.17. The molecule has 2 heterocycles. The molecule has 2 aliphatic heterocycles. The summed E-state index contributed by atoms with van der Waals surface area (Å²) in [7, 11) is 1.93. The predicted molar refractivity (Wildman–Crippen MR) is 110 cm³/mol. The van der Waals surface area contributed by atoms with Gasteiger partial charge >= 0.3 is 5.97 Å². The van der Waals surface area contributed by atoms with Crippen molar-refractivity contribution in [1.29, 1.82) is 0 Å². The fourth-order valence-corrected chi connectivity index (χ4v) is 3.44. The van der Waals surface area contributed by atoms with Crippen molar-refractivity contribution in [3.63, 3.8) is 0 Å². The average Bonchev–Trinajstić information content (AvgIpc) is 3.05. The number of rotatable bonds is 9. The van der Waals surface area contributed by atoms with Gasteiger partial charge in [0.05, 0.1) is 11.8 Å². The number of carbonyl (C=O) groups excluding carboxylic acids is 5. The van der Waals surface area contributed by atoms with Crippen LogP contribution < -0.4 is 10.6 Å². The summed E-state index contributed by atoms with van der Waals surface area (Å²) in [6.07, 6.45) is -0.205. The third-order valence-corrected chi connectivity index (χ3v) is 5.53. The number of imide groups is 1. The highest BCUT2D eigenvalue weighted by molar-refractivity contribution is 6.01. The van der Waals surface area contributed by atoms with Gasteiger partial charge in [-0.05, 0) is 27.9 Å². The lowest BCUT2D eigenvalue weighted by molar-refractivity contribution is -0.197. The number of hydrogen-bond donors (Lipinski definition) is 2. The number of hydrogen-bond acceptors (Lipinski definition) is 8. The molecule has 31 heavy (non-hydrogen) atoms. The van der Waals surface area contributed by atoms with E-state index >= 15 is 0 Å². The highest BCUT2D eigenvalue weighted by atomic mass is 16.8. The summed E-state index contributed by atoms with van der Waals surface area (Å²) in [5.41, 5.74) is -0.875. The Morgan fingerprint density at radius 1 is 1.10 bits per heavy atom. The van der Waals surface area contributed by atoms with E-state index in [1.165, 1.54) is 0 Å². The molecule has 2 fully saturated rings. The predicted octanol–water partition coefficient (Wildman–Crippen LogP) is -1.12. The van der Waals surface area contributed by atoms with Crippen LogP contribution in [0.2, 0.25) is 0 Å². The first-order chi connectivity index (χ1) is 15.4.